The number of nitrogens with zero attached hydrogens (tertiary/aromatic N) is 2. The summed E-state index contributed by atoms with van der Waals surface area (Å²) in [5.74, 6) is 0. The maximum atomic E-state index is 13.2. The first-order valence-corrected chi connectivity index (χ1v) is 11.1. The molecule has 1 saturated carbocycles. The fraction of sp³-hybridized carbons (Fsp3) is 0.684. The first kappa shape index (κ1) is 19.2. The summed E-state index contributed by atoms with van der Waals surface area (Å²) in [5, 5.41) is 0.276. The van der Waals surface area contributed by atoms with E-state index in [2.05, 4.69) is 4.90 Å². The van der Waals surface area contributed by atoms with Gasteiger partial charge in [0.2, 0.25) is 10.0 Å². The van der Waals surface area contributed by atoms with Gasteiger partial charge in [0.05, 0.1) is 4.90 Å². The van der Waals surface area contributed by atoms with Crippen LogP contribution in [0.15, 0.2) is 17.0 Å². The summed E-state index contributed by atoms with van der Waals surface area (Å²) < 4.78 is 28.0. The highest BCUT2D eigenvalue weighted by Crippen LogP contribution is 2.29. The standard InChI is InChI=1S/C19H29ClN2O2S/c1-14-11-15(2)19(16(3)12-14)25(23,24)22-9-7-21(8-10-22)18-6-4-5-17(20)13-18/h11-12,17-18H,4-10,13H2,1-3H3. The Hall–Kier alpha value is -0.620. The first-order chi connectivity index (χ1) is 11.8. The maximum absolute atomic E-state index is 13.2. The summed E-state index contributed by atoms with van der Waals surface area (Å²) in [6.07, 6.45) is 4.51. The highest BCUT2D eigenvalue weighted by molar-refractivity contribution is 7.89. The molecule has 1 aromatic rings. The third-order valence-electron chi connectivity index (χ3n) is 5.57. The third kappa shape index (κ3) is 4.05. The summed E-state index contributed by atoms with van der Waals surface area (Å²) in [7, 11) is -3.42. The van der Waals surface area contributed by atoms with Crippen molar-refractivity contribution in [3.63, 3.8) is 0 Å². The van der Waals surface area contributed by atoms with E-state index in [1.165, 1.54) is 12.8 Å². The zero-order valence-electron chi connectivity index (χ0n) is 15.5. The lowest BCUT2D eigenvalue weighted by atomic mass is 9.93. The van der Waals surface area contributed by atoms with Crippen LogP contribution in [0, 0.1) is 20.8 Å². The summed E-state index contributed by atoms with van der Waals surface area (Å²) >= 11 is 6.33. The summed E-state index contributed by atoms with van der Waals surface area (Å²) in [5.41, 5.74) is 2.79. The van der Waals surface area contributed by atoms with Crippen molar-refractivity contribution in [1.82, 2.24) is 9.21 Å². The molecule has 1 saturated heterocycles. The fourth-order valence-corrected chi connectivity index (χ4v) is 6.64. The van der Waals surface area contributed by atoms with Gasteiger partial charge in [-0.05, 0) is 51.2 Å². The molecule has 2 fully saturated rings. The minimum atomic E-state index is -3.42. The van der Waals surface area contributed by atoms with Crippen molar-refractivity contribution in [2.24, 2.45) is 0 Å². The van der Waals surface area contributed by atoms with Gasteiger partial charge in [0, 0.05) is 37.6 Å². The molecule has 140 valence electrons. The topological polar surface area (TPSA) is 40.6 Å². The Balaban J connectivity index is 1.72. The lowest BCUT2D eigenvalue weighted by Gasteiger charge is -2.41. The van der Waals surface area contributed by atoms with Crippen LogP contribution in [-0.2, 0) is 10.0 Å². The highest BCUT2D eigenvalue weighted by Gasteiger charge is 2.34. The fourth-order valence-electron chi connectivity index (χ4n) is 4.45. The van der Waals surface area contributed by atoms with Gasteiger partial charge in [0.25, 0.3) is 0 Å². The minimum Gasteiger partial charge on any atom is -0.298 e. The van der Waals surface area contributed by atoms with E-state index in [1.54, 1.807) is 4.31 Å². The van der Waals surface area contributed by atoms with Crippen molar-refractivity contribution in [3.05, 3.63) is 28.8 Å². The molecule has 25 heavy (non-hydrogen) atoms. The van der Waals surface area contributed by atoms with Gasteiger partial charge in [-0.2, -0.15) is 4.31 Å². The third-order valence-corrected chi connectivity index (χ3v) is 8.18. The van der Waals surface area contributed by atoms with Gasteiger partial charge >= 0.3 is 0 Å². The number of aryl methyl sites for hydroxylation is 3. The molecule has 0 aromatic heterocycles. The van der Waals surface area contributed by atoms with Crippen molar-refractivity contribution in [2.75, 3.05) is 26.2 Å². The summed E-state index contributed by atoms with van der Waals surface area (Å²) in [4.78, 5) is 2.93. The van der Waals surface area contributed by atoms with Crippen molar-refractivity contribution in [2.45, 2.75) is 62.8 Å². The number of piperazine rings is 1. The van der Waals surface area contributed by atoms with E-state index in [1.807, 2.05) is 32.9 Å². The van der Waals surface area contributed by atoms with Crippen molar-refractivity contribution in [1.29, 1.82) is 0 Å². The molecule has 0 amide bonds. The van der Waals surface area contributed by atoms with E-state index in [-0.39, 0.29) is 5.38 Å². The van der Waals surface area contributed by atoms with Crippen molar-refractivity contribution < 1.29 is 8.42 Å². The average molecular weight is 385 g/mol. The van der Waals surface area contributed by atoms with E-state index in [4.69, 9.17) is 11.6 Å². The number of alkyl halides is 1. The van der Waals surface area contributed by atoms with Crippen molar-refractivity contribution >= 4 is 21.6 Å². The quantitative estimate of drug-likeness (QED) is 0.749. The van der Waals surface area contributed by atoms with E-state index in [0.717, 1.165) is 42.6 Å². The molecule has 1 aliphatic carbocycles. The highest BCUT2D eigenvalue weighted by atomic mass is 35.5. The van der Waals surface area contributed by atoms with Gasteiger partial charge in [-0.1, -0.05) is 24.1 Å². The smallest absolute Gasteiger partial charge is 0.243 e. The molecule has 2 atom stereocenters. The van der Waals surface area contributed by atoms with Crippen molar-refractivity contribution in [3.8, 4) is 0 Å². The largest absolute Gasteiger partial charge is 0.298 e. The molecule has 0 radical (unpaired) electrons. The van der Waals surface area contributed by atoms with Crippen LogP contribution in [0.2, 0.25) is 0 Å². The van der Waals surface area contributed by atoms with E-state index in [0.29, 0.717) is 24.0 Å². The lowest BCUT2D eigenvalue weighted by molar-refractivity contribution is 0.112. The average Bonchev–Trinajstić information content (AvgIpc) is 2.53. The number of hydrogen-bond donors (Lipinski definition) is 0. The van der Waals surface area contributed by atoms with Crippen LogP contribution >= 0.6 is 11.6 Å². The predicted molar refractivity (Wildman–Crippen MR) is 103 cm³/mol. The minimum absolute atomic E-state index is 0.276. The van der Waals surface area contributed by atoms with E-state index < -0.39 is 10.0 Å². The van der Waals surface area contributed by atoms with Crippen LogP contribution < -0.4 is 0 Å². The molecule has 2 unspecified atom stereocenters. The second-order valence-electron chi connectivity index (χ2n) is 7.59. The van der Waals surface area contributed by atoms with Gasteiger partial charge < -0.3 is 0 Å². The van der Waals surface area contributed by atoms with E-state index in [9.17, 15) is 8.42 Å². The number of benzene rings is 1. The Kier molecular flexibility index (Phi) is 5.78. The monoisotopic (exact) mass is 384 g/mol. The van der Waals surface area contributed by atoms with Crippen LogP contribution in [0.5, 0.6) is 0 Å². The van der Waals surface area contributed by atoms with Gasteiger partial charge in [0.1, 0.15) is 0 Å². The van der Waals surface area contributed by atoms with Crippen LogP contribution in [0.1, 0.15) is 42.4 Å². The lowest BCUT2D eigenvalue weighted by Crippen LogP contribution is -2.53. The summed E-state index contributed by atoms with van der Waals surface area (Å²) in [6, 6.07) is 4.43. The molecular weight excluding hydrogens is 356 g/mol. The Morgan fingerprint density at radius 3 is 2.16 bits per heavy atom. The zero-order valence-corrected chi connectivity index (χ0v) is 17.0. The molecule has 1 aromatic carbocycles. The van der Waals surface area contributed by atoms with Crippen LogP contribution in [0.4, 0.5) is 0 Å². The van der Waals surface area contributed by atoms with Gasteiger partial charge in [-0.3, -0.25) is 4.90 Å². The molecule has 1 aliphatic heterocycles. The Morgan fingerprint density at radius 1 is 1.00 bits per heavy atom. The second-order valence-corrected chi connectivity index (χ2v) is 10.1. The van der Waals surface area contributed by atoms with Gasteiger partial charge in [0.15, 0.2) is 0 Å². The second kappa shape index (κ2) is 7.55. The van der Waals surface area contributed by atoms with Gasteiger partial charge in [-0.25, -0.2) is 8.42 Å². The molecule has 0 bridgehead atoms. The molecule has 0 N–H and O–H groups in total. The van der Waals surface area contributed by atoms with Crippen LogP contribution in [0.25, 0.3) is 0 Å². The Labute approximate surface area is 157 Å². The number of sulfonamides is 1. The predicted octanol–water partition coefficient (Wildman–Crippen LogP) is 3.47. The number of hydrogen-bond acceptors (Lipinski definition) is 3. The molecule has 1 heterocycles. The maximum Gasteiger partial charge on any atom is 0.243 e. The number of rotatable bonds is 3. The molecule has 6 heteroatoms. The molecule has 0 spiro atoms. The molecule has 2 aliphatic rings. The first-order valence-electron chi connectivity index (χ1n) is 9.25. The number of halogens is 1. The molecule has 4 nitrogen and oxygen atoms in total. The van der Waals surface area contributed by atoms with Gasteiger partial charge in [-0.15, -0.1) is 11.6 Å². The van der Waals surface area contributed by atoms with E-state index >= 15 is 0 Å². The van der Waals surface area contributed by atoms with Crippen LogP contribution in [0.3, 0.4) is 0 Å². The molecule has 3 rings (SSSR count). The Bertz CT molecular complexity index is 704. The normalized spacial score (nSPS) is 26.7. The zero-order chi connectivity index (χ0) is 18.2. The SMILES string of the molecule is Cc1cc(C)c(S(=O)(=O)N2CCN(C3CCCC(Cl)C3)CC2)c(C)c1. The van der Waals surface area contributed by atoms with Crippen LogP contribution in [-0.4, -0.2) is 55.2 Å². The molecular formula is C19H29ClN2O2S. The Morgan fingerprint density at radius 2 is 1.60 bits per heavy atom. The summed E-state index contributed by atoms with van der Waals surface area (Å²) in [6.45, 7) is 8.53.